The zero-order valence-electron chi connectivity index (χ0n) is 15.3. The predicted molar refractivity (Wildman–Crippen MR) is 95.8 cm³/mol. The third kappa shape index (κ3) is 5.72. The summed E-state index contributed by atoms with van der Waals surface area (Å²) in [6.45, 7) is 8.69. The van der Waals surface area contributed by atoms with Crippen molar-refractivity contribution in [3.8, 4) is 5.75 Å². The van der Waals surface area contributed by atoms with E-state index in [1.807, 2.05) is 20.8 Å². The van der Waals surface area contributed by atoms with Gasteiger partial charge in [0, 0.05) is 31.9 Å². The Morgan fingerprint density at radius 2 is 1.92 bits per heavy atom. The smallest absolute Gasteiger partial charge is 0.313 e. The maximum absolute atomic E-state index is 12.0. The fourth-order valence-electron chi connectivity index (χ4n) is 2.96. The lowest BCUT2D eigenvalue weighted by Crippen LogP contribution is -2.48. The van der Waals surface area contributed by atoms with Gasteiger partial charge in [0.15, 0.2) is 0 Å². The molecule has 2 rings (SSSR count). The highest BCUT2D eigenvalue weighted by atomic mass is 16.5. The van der Waals surface area contributed by atoms with Crippen LogP contribution in [0.1, 0.15) is 19.4 Å². The quantitative estimate of drug-likeness (QED) is 0.780. The van der Waals surface area contributed by atoms with E-state index in [0.29, 0.717) is 24.5 Å². The first kappa shape index (κ1) is 19.2. The average Bonchev–Trinajstić information content (AvgIpc) is 2.55. The number of anilines is 1. The Bertz CT molecular complexity index is 610. The molecule has 7 nitrogen and oxygen atoms in total. The van der Waals surface area contributed by atoms with Gasteiger partial charge in [0.1, 0.15) is 5.75 Å². The second kappa shape index (κ2) is 8.82. The number of benzene rings is 1. The molecule has 7 heteroatoms. The van der Waals surface area contributed by atoms with Gasteiger partial charge in [-0.05, 0) is 44.5 Å². The second-order valence-corrected chi connectivity index (χ2v) is 6.41. The molecule has 0 aromatic heterocycles. The van der Waals surface area contributed by atoms with Crippen LogP contribution in [0.25, 0.3) is 0 Å². The van der Waals surface area contributed by atoms with Crippen LogP contribution < -0.4 is 15.4 Å². The van der Waals surface area contributed by atoms with Crippen molar-refractivity contribution < 1.29 is 19.1 Å². The summed E-state index contributed by atoms with van der Waals surface area (Å²) in [7, 11) is 1.58. The van der Waals surface area contributed by atoms with Crippen molar-refractivity contribution >= 4 is 17.5 Å². The Kier molecular flexibility index (Phi) is 6.78. The second-order valence-electron chi connectivity index (χ2n) is 6.41. The van der Waals surface area contributed by atoms with Crippen LogP contribution in [0.5, 0.6) is 5.75 Å². The van der Waals surface area contributed by atoms with Gasteiger partial charge in [0.2, 0.25) is 0 Å². The summed E-state index contributed by atoms with van der Waals surface area (Å²) >= 11 is 0. The molecule has 138 valence electrons. The summed E-state index contributed by atoms with van der Waals surface area (Å²) in [4.78, 5) is 26.2. The highest BCUT2D eigenvalue weighted by molar-refractivity contribution is 6.39. The van der Waals surface area contributed by atoms with Crippen molar-refractivity contribution in [2.24, 2.45) is 0 Å². The highest BCUT2D eigenvalue weighted by Gasteiger charge is 2.22. The van der Waals surface area contributed by atoms with Crippen LogP contribution in [-0.4, -0.2) is 62.2 Å². The number of hydrogen-bond donors (Lipinski definition) is 2. The van der Waals surface area contributed by atoms with E-state index in [4.69, 9.17) is 9.47 Å². The van der Waals surface area contributed by atoms with E-state index in [1.165, 1.54) is 0 Å². The zero-order valence-corrected chi connectivity index (χ0v) is 15.3. The van der Waals surface area contributed by atoms with E-state index in [2.05, 4.69) is 15.5 Å². The summed E-state index contributed by atoms with van der Waals surface area (Å²) < 4.78 is 10.8. The third-order valence-electron chi connectivity index (χ3n) is 4.10. The molecule has 0 saturated carbocycles. The third-order valence-corrected chi connectivity index (χ3v) is 4.10. The van der Waals surface area contributed by atoms with Gasteiger partial charge in [0.25, 0.3) is 0 Å². The molecule has 1 saturated heterocycles. The maximum atomic E-state index is 12.0. The van der Waals surface area contributed by atoms with Crippen molar-refractivity contribution in [1.29, 1.82) is 0 Å². The number of hydrogen-bond acceptors (Lipinski definition) is 5. The van der Waals surface area contributed by atoms with E-state index in [1.54, 1.807) is 25.3 Å². The number of carbonyl (C=O) groups is 2. The molecule has 1 aromatic carbocycles. The van der Waals surface area contributed by atoms with Crippen LogP contribution in [0.4, 0.5) is 5.69 Å². The Hall–Kier alpha value is -2.12. The van der Waals surface area contributed by atoms with Crippen LogP contribution in [0, 0.1) is 6.92 Å². The number of rotatable bonds is 5. The minimum atomic E-state index is -0.669. The minimum Gasteiger partial charge on any atom is -0.497 e. The van der Waals surface area contributed by atoms with Gasteiger partial charge in [-0.15, -0.1) is 0 Å². The molecule has 0 bridgehead atoms. The summed E-state index contributed by atoms with van der Waals surface area (Å²) in [5.74, 6) is -0.601. The van der Waals surface area contributed by atoms with Crippen molar-refractivity contribution in [1.82, 2.24) is 10.2 Å². The van der Waals surface area contributed by atoms with Crippen LogP contribution in [0.15, 0.2) is 18.2 Å². The summed E-state index contributed by atoms with van der Waals surface area (Å²) in [6, 6.07) is 5.26. The molecular formula is C18H27N3O4. The standard InChI is InChI=1S/C18H27N3O4/c1-12-9-15(24-4)5-6-16(12)20-18(23)17(22)19-7-8-21-10-13(2)25-14(3)11-21/h5-6,9,13-14H,7-8,10-11H2,1-4H3,(H,19,22)(H,20,23)/t13-,14-/m1/s1. The minimum absolute atomic E-state index is 0.181. The van der Waals surface area contributed by atoms with Gasteiger partial charge in [-0.1, -0.05) is 0 Å². The molecule has 0 radical (unpaired) electrons. The molecule has 1 aliphatic rings. The van der Waals surface area contributed by atoms with Gasteiger partial charge < -0.3 is 20.1 Å². The largest absolute Gasteiger partial charge is 0.497 e. The molecule has 2 N–H and O–H groups in total. The Labute approximate surface area is 148 Å². The maximum Gasteiger partial charge on any atom is 0.313 e. The number of aryl methyl sites for hydroxylation is 1. The summed E-state index contributed by atoms with van der Waals surface area (Å²) in [5.41, 5.74) is 1.42. The lowest BCUT2D eigenvalue weighted by molar-refractivity contribution is -0.136. The van der Waals surface area contributed by atoms with Crippen molar-refractivity contribution in [2.45, 2.75) is 33.0 Å². The number of ether oxygens (including phenoxy) is 2. The van der Waals surface area contributed by atoms with Gasteiger partial charge in [-0.3, -0.25) is 14.5 Å². The first-order valence-electron chi connectivity index (χ1n) is 8.50. The molecule has 1 aromatic rings. The monoisotopic (exact) mass is 349 g/mol. The number of methoxy groups -OCH3 is 1. The molecule has 25 heavy (non-hydrogen) atoms. The van der Waals surface area contributed by atoms with Crippen LogP contribution in [-0.2, 0) is 14.3 Å². The van der Waals surface area contributed by atoms with Gasteiger partial charge >= 0.3 is 11.8 Å². The highest BCUT2D eigenvalue weighted by Crippen LogP contribution is 2.20. The Morgan fingerprint density at radius 1 is 1.24 bits per heavy atom. The van der Waals surface area contributed by atoms with E-state index < -0.39 is 11.8 Å². The lowest BCUT2D eigenvalue weighted by atomic mass is 10.2. The van der Waals surface area contributed by atoms with Crippen molar-refractivity contribution in [3.63, 3.8) is 0 Å². The van der Waals surface area contributed by atoms with E-state index in [9.17, 15) is 9.59 Å². The molecule has 0 unspecified atom stereocenters. The Morgan fingerprint density at radius 3 is 2.52 bits per heavy atom. The molecular weight excluding hydrogens is 322 g/mol. The number of nitrogens with one attached hydrogen (secondary N) is 2. The van der Waals surface area contributed by atoms with Crippen LogP contribution in [0.3, 0.4) is 0 Å². The molecule has 1 aliphatic heterocycles. The molecule has 0 spiro atoms. The lowest BCUT2D eigenvalue weighted by Gasteiger charge is -2.35. The first-order chi connectivity index (χ1) is 11.9. The van der Waals surface area contributed by atoms with E-state index in [0.717, 1.165) is 18.7 Å². The van der Waals surface area contributed by atoms with Gasteiger partial charge in [-0.2, -0.15) is 0 Å². The van der Waals surface area contributed by atoms with Gasteiger partial charge in [-0.25, -0.2) is 0 Å². The average molecular weight is 349 g/mol. The first-order valence-corrected chi connectivity index (χ1v) is 8.50. The number of amides is 2. The van der Waals surface area contributed by atoms with E-state index >= 15 is 0 Å². The number of nitrogens with zero attached hydrogens (tertiary/aromatic N) is 1. The predicted octanol–water partition coefficient (Wildman–Crippen LogP) is 1.17. The SMILES string of the molecule is COc1ccc(NC(=O)C(=O)NCCN2C[C@@H](C)O[C@H](C)C2)c(C)c1. The topological polar surface area (TPSA) is 79.9 Å². The van der Waals surface area contributed by atoms with Crippen molar-refractivity contribution in [2.75, 3.05) is 38.6 Å². The van der Waals surface area contributed by atoms with Crippen LogP contribution in [0.2, 0.25) is 0 Å². The zero-order chi connectivity index (χ0) is 18.4. The summed E-state index contributed by atoms with van der Waals surface area (Å²) in [5, 5.41) is 5.29. The fourth-order valence-corrected chi connectivity index (χ4v) is 2.96. The normalized spacial score (nSPS) is 20.8. The molecule has 2 amide bonds. The molecule has 1 fully saturated rings. The summed E-state index contributed by atoms with van der Waals surface area (Å²) in [6.07, 6.45) is 0.363. The Balaban J connectivity index is 1.78. The van der Waals surface area contributed by atoms with Gasteiger partial charge in [0.05, 0.1) is 19.3 Å². The van der Waals surface area contributed by atoms with Crippen LogP contribution >= 0.6 is 0 Å². The molecule has 2 atom stereocenters. The number of morpholine rings is 1. The van der Waals surface area contributed by atoms with E-state index in [-0.39, 0.29) is 12.2 Å². The molecule has 1 heterocycles. The fraction of sp³-hybridized carbons (Fsp3) is 0.556. The van der Waals surface area contributed by atoms with Crippen molar-refractivity contribution in [3.05, 3.63) is 23.8 Å². The molecule has 0 aliphatic carbocycles. The number of carbonyl (C=O) groups excluding carboxylic acids is 2.